The molecule has 1 saturated heterocycles. The van der Waals surface area contributed by atoms with E-state index in [1.54, 1.807) is 4.90 Å². The van der Waals surface area contributed by atoms with Crippen LogP contribution in [-0.2, 0) is 4.74 Å². The quantitative estimate of drug-likeness (QED) is 0.717. The van der Waals surface area contributed by atoms with E-state index in [9.17, 15) is 9.59 Å². The monoisotopic (exact) mass is 404 g/mol. The standard InChI is InChI=1S/C22H20N4O4/c27-21(28)20-12-26(24-23-20)14-9-10-25(11-14)22(29)30-13-19-17-7-3-1-5-15(17)16-6-2-4-8-18(16)19/h1-8,12,14,19H,9-11,13H2,(H,27,28). The largest absolute Gasteiger partial charge is 0.476 e. The average molecular weight is 404 g/mol. The predicted molar refractivity (Wildman–Crippen MR) is 107 cm³/mol. The number of carbonyl (C=O) groups is 2. The highest BCUT2D eigenvalue weighted by molar-refractivity contribution is 5.84. The van der Waals surface area contributed by atoms with E-state index in [1.807, 2.05) is 24.3 Å². The molecule has 0 bridgehead atoms. The van der Waals surface area contributed by atoms with E-state index in [0.717, 1.165) is 0 Å². The van der Waals surface area contributed by atoms with Crippen LogP contribution in [0.2, 0.25) is 0 Å². The highest BCUT2D eigenvalue weighted by Crippen LogP contribution is 2.44. The molecule has 1 aromatic heterocycles. The summed E-state index contributed by atoms with van der Waals surface area (Å²) in [6, 6.07) is 16.3. The van der Waals surface area contributed by atoms with Crippen molar-refractivity contribution >= 4 is 12.1 Å². The Morgan fingerprint density at radius 1 is 1.07 bits per heavy atom. The van der Waals surface area contributed by atoms with Crippen LogP contribution in [0, 0.1) is 0 Å². The summed E-state index contributed by atoms with van der Waals surface area (Å²) in [6.07, 6.45) is 1.71. The maximum atomic E-state index is 12.7. The molecule has 8 nitrogen and oxygen atoms in total. The number of hydrogen-bond donors (Lipinski definition) is 1. The summed E-state index contributed by atoms with van der Waals surface area (Å²) in [5, 5.41) is 16.5. The van der Waals surface area contributed by atoms with Gasteiger partial charge in [0, 0.05) is 19.0 Å². The number of likely N-dealkylation sites (tertiary alicyclic amines) is 1. The summed E-state index contributed by atoms with van der Waals surface area (Å²) in [4.78, 5) is 25.3. The van der Waals surface area contributed by atoms with E-state index in [2.05, 4.69) is 34.6 Å². The Labute approximate surface area is 172 Å². The van der Waals surface area contributed by atoms with E-state index in [-0.39, 0.29) is 30.4 Å². The highest BCUT2D eigenvalue weighted by Gasteiger charge is 2.32. The summed E-state index contributed by atoms with van der Waals surface area (Å²) < 4.78 is 7.21. The van der Waals surface area contributed by atoms with Gasteiger partial charge in [-0.05, 0) is 28.7 Å². The molecule has 0 saturated carbocycles. The molecule has 152 valence electrons. The number of fused-ring (bicyclic) bond motifs is 3. The van der Waals surface area contributed by atoms with Gasteiger partial charge in [-0.15, -0.1) is 5.10 Å². The second-order valence-electron chi connectivity index (χ2n) is 7.58. The SMILES string of the molecule is O=C(O)c1cn(C2CCN(C(=O)OCC3c4ccccc4-c4ccccc43)C2)nn1. The third-order valence-electron chi connectivity index (χ3n) is 5.86. The first-order valence-electron chi connectivity index (χ1n) is 9.87. The van der Waals surface area contributed by atoms with Gasteiger partial charge >= 0.3 is 12.1 Å². The van der Waals surface area contributed by atoms with Gasteiger partial charge in [-0.2, -0.15) is 0 Å². The molecule has 1 N–H and O–H groups in total. The number of ether oxygens (including phenoxy) is 1. The van der Waals surface area contributed by atoms with Gasteiger partial charge in [0.1, 0.15) is 6.61 Å². The third-order valence-corrected chi connectivity index (χ3v) is 5.86. The van der Waals surface area contributed by atoms with Crippen LogP contribution in [0.3, 0.4) is 0 Å². The van der Waals surface area contributed by atoms with Gasteiger partial charge in [-0.25, -0.2) is 14.3 Å². The van der Waals surface area contributed by atoms with E-state index < -0.39 is 5.97 Å². The normalized spacial score (nSPS) is 17.6. The van der Waals surface area contributed by atoms with Gasteiger partial charge in [-0.1, -0.05) is 53.7 Å². The van der Waals surface area contributed by atoms with Crippen molar-refractivity contribution in [3.63, 3.8) is 0 Å². The first kappa shape index (κ1) is 18.4. The second kappa shape index (κ2) is 7.29. The van der Waals surface area contributed by atoms with Crippen LogP contribution < -0.4 is 0 Å². The fourth-order valence-electron chi connectivity index (χ4n) is 4.36. The molecular weight excluding hydrogens is 384 g/mol. The first-order valence-corrected chi connectivity index (χ1v) is 9.87. The number of aromatic nitrogens is 3. The summed E-state index contributed by atoms with van der Waals surface area (Å²) in [6.45, 7) is 1.23. The van der Waals surface area contributed by atoms with E-state index in [1.165, 1.54) is 33.1 Å². The summed E-state index contributed by atoms with van der Waals surface area (Å²) in [5.74, 6) is -1.10. The second-order valence-corrected chi connectivity index (χ2v) is 7.58. The van der Waals surface area contributed by atoms with Crippen molar-refractivity contribution in [3.8, 4) is 11.1 Å². The van der Waals surface area contributed by atoms with Gasteiger partial charge in [0.2, 0.25) is 0 Å². The zero-order chi connectivity index (χ0) is 20.7. The molecule has 2 heterocycles. The van der Waals surface area contributed by atoms with Gasteiger partial charge in [0.15, 0.2) is 5.69 Å². The number of carbonyl (C=O) groups excluding carboxylic acids is 1. The molecule has 3 aromatic rings. The van der Waals surface area contributed by atoms with Gasteiger partial charge in [-0.3, -0.25) is 0 Å². The summed E-state index contributed by atoms with van der Waals surface area (Å²) in [7, 11) is 0. The number of amides is 1. The van der Waals surface area contributed by atoms with E-state index in [0.29, 0.717) is 19.5 Å². The minimum Gasteiger partial charge on any atom is -0.476 e. The van der Waals surface area contributed by atoms with Crippen LogP contribution in [0.5, 0.6) is 0 Å². The lowest BCUT2D eigenvalue weighted by molar-refractivity contribution is 0.0690. The molecule has 1 fully saturated rings. The maximum absolute atomic E-state index is 12.7. The smallest absolute Gasteiger partial charge is 0.409 e. The van der Waals surface area contributed by atoms with Crippen molar-refractivity contribution in [2.24, 2.45) is 0 Å². The van der Waals surface area contributed by atoms with Gasteiger partial charge in [0.25, 0.3) is 0 Å². The Bertz CT molecular complexity index is 1080. The molecule has 8 heteroatoms. The zero-order valence-corrected chi connectivity index (χ0v) is 16.1. The van der Waals surface area contributed by atoms with Crippen molar-refractivity contribution in [2.75, 3.05) is 19.7 Å². The predicted octanol–water partition coefficient (Wildman–Crippen LogP) is 3.17. The summed E-state index contributed by atoms with van der Waals surface area (Å²) >= 11 is 0. The first-order chi connectivity index (χ1) is 14.6. The van der Waals surface area contributed by atoms with E-state index >= 15 is 0 Å². The minimum absolute atomic E-state index is 0.0215. The molecule has 1 aliphatic carbocycles. The molecule has 1 amide bonds. The van der Waals surface area contributed by atoms with Crippen molar-refractivity contribution in [1.29, 1.82) is 0 Å². The number of carboxylic acids is 1. The topological polar surface area (TPSA) is 97.5 Å². The molecule has 0 radical (unpaired) electrons. The minimum atomic E-state index is -1.12. The number of hydrogen-bond acceptors (Lipinski definition) is 5. The van der Waals surface area contributed by atoms with Crippen LogP contribution in [0.15, 0.2) is 54.7 Å². The number of carboxylic acid groups (broad SMARTS) is 1. The fraction of sp³-hybridized carbons (Fsp3) is 0.273. The van der Waals surface area contributed by atoms with Gasteiger partial charge in [0.05, 0.1) is 12.2 Å². The molecule has 1 aliphatic heterocycles. The average Bonchev–Trinajstić information content (AvgIpc) is 3.49. The van der Waals surface area contributed by atoms with Crippen LogP contribution in [0.1, 0.15) is 40.0 Å². The van der Waals surface area contributed by atoms with Crippen LogP contribution in [-0.4, -0.2) is 56.8 Å². The Hall–Kier alpha value is -3.68. The van der Waals surface area contributed by atoms with Crippen molar-refractivity contribution < 1.29 is 19.4 Å². The number of nitrogens with zero attached hydrogens (tertiary/aromatic N) is 4. The van der Waals surface area contributed by atoms with Gasteiger partial charge < -0.3 is 14.7 Å². The lowest BCUT2D eigenvalue weighted by atomic mass is 9.98. The van der Waals surface area contributed by atoms with Crippen molar-refractivity contribution in [3.05, 3.63) is 71.5 Å². The Kier molecular flexibility index (Phi) is 4.46. The molecule has 30 heavy (non-hydrogen) atoms. The summed E-state index contributed by atoms with van der Waals surface area (Å²) in [5.41, 5.74) is 4.63. The zero-order valence-electron chi connectivity index (χ0n) is 16.1. The third kappa shape index (κ3) is 3.10. The molecule has 0 spiro atoms. The number of aromatic carboxylic acids is 1. The van der Waals surface area contributed by atoms with E-state index in [4.69, 9.17) is 9.84 Å². The van der Waals surface area contributed by atoms with Crippen LogP contribution in [0.25, 0.3) is 11.1 Å². The fourth-order valence-corrected chi connectivity index (χ4v) is 4.36. The molecular formula is C22H20N4O4. The number of rotatable bonds is 4. The van der Waals surface area contributed by atoms with Crippen molar-refractivity contribution in [1.82, 2.24) is 19.9 Å². The molecule has 2 aromatic carbocycles. The Balaban J connectivity index is 1.25. The molecule has 1 unspecified atom stereocenters. The molecule has 1 atom stereocenters. The highest BCUT2D eigenvalue weighted by atomic mass is 16.6. The molecule has 5 rings (SSSR count). The van der Waals surface area contributed by atoms with Crippen LogP contribution in [0.4, 0.5) is 4.79 Å². The Morgan fingerprint density at radius 3 is 2.37 bits per heavy atom. The lowest BCUT2D eigenvalue weighted by Gasteiger charge is -2.19. The van der Waals surface area contributed by atoms with Crippen LogP contribution >= 0.6 is 0 Å². The lowest BCUT2D eigenvalue weighted by Crippen LogP contribution is -2.31. The number of benzene rings is 2. The van der Waals surface area contributed by atoms with Crippen molar-refractivity contribution in [2.45, 2.75) is 18.4 Å². The Morgan fingerprint density at radius 2 is 1.73 bits per heavy atom. The molecule has 2 aliphatic rings. The maximum Gasteiger partial charge on any atom is 0.409 e.